The normalized spacial score (nSPS) is 10.3. The number of rotatable bonds is 7. The van der Waals surface area contributed by atoms with Crippen LogP contribution in [0.2, 0.25) is 0 Å². The van der Waals surface area contributed by atoms with Gasteiger partial charge in [0.2, 0.25) is 0 Å². The average Bonchev–Trinajstić information content (AvgIpc) is 2.75. The number of ether oxygens (including phenoxy) is 2. The number of hydrogen-bond acceptors (Lipinski definition) is 4. The second-order valence-corrected chi connectivity index (χ2v) is 7.72. The van der Waals surface area contributed by atoms with E-state index in [9.17, 15) is 9.59 Å². The van der Waals surface area contributed by atoms with Gasteiger partial charge in [0.25, 0.3) is 0 Å². The highest BCUT2D eigenvalue weighted by Gasteiger charge is 2.28. The Kier molecular flexibility index (Phi) is 6.65. The lowest BCUT2D eigenvalue weighted by Gasteiger charge is -2.09. The van der Waals surface area contributed by atoms with Gasteiger partial charge in [-0.2, -0.15) is 0 Å². The molecule has 0 aliphatic rings. The molecule has 0 fully saturated rings. The maximum absolute atomic E-state index is 11.8. The molecule has 0 radical (unpaired) electrons. The smallest absolute Gasteiger partial charge is 0.349 e. The van der Waals surface area contributed by atoms with E-state index in [1.54, 1.807) is 12.1 Å². The van der Waals surface area contributed by atoms with E-state index in [1.165, 1.54) is 9.79 Å². The fraction of sp³-hybridized carbons (Fsp3) is 0.0435. The fourth-order valence-corrected chi connectivity index (χ4v) is 4.60. The summed E-state index contributed by atoms with van der Waals surface area (Å²) in [6.07, 6.45) is 0.996. The van der Waals surface area contributed by atoms with Crippen LogP contribution in [0.4, 0.5) is 0 Å². The minimum absolute atomic E-state index is 0.267. The fourth-order valence-electron chi connectivity index (χ4n) is 2.52. The van der Waals surface area contributed by atoms with Crippen molar-refractivity contribution < 1.29 is 19.1 Å². The molecule has 4 nitrogen and oxygen atoms in total. The number of benzene rings is 3. The lowest BCUT2D eigenvalue weighted by molar-refractivity contribution is -0.150. The van der Waals surface area contributed by atoms with E-state index in [2.05, 4.69) is 35.6 Å². The van der Waals surface area contributed by atoms with Crippen molar-refractivity contribution in [2.24, 2.45) is 0 Å². The molecule has 0 bridgehead atoms. The van der Waals surface area contributed by atoms with E-state index in [4.69, 9.17) is 4.74 Å². The molecule has 140 valence electrons. The van der Waals surface area contributed by atoms with Gasteiger partial charge in [0.15, 0.2) is 21.3 Å². The largest absolute Gasteiger partial charge is 0.451 e. The predicted octanol–water partition coefficient (Wildman–Crippen LogP) is 4.42. The Hall–Kier alpha value is -3.31. The molecule has 3 aromatic rings. The molecule has 3 aromatic carbocycles. The first-order chi connectivity index (χ1) is 13.7. The highest BCUT2D eigenvalue weighted by Crippen LogP contribution is 2.31. The number of carbonyl (C=O) groups is 2. The van der Waals surface area contributed by atoms with Gasteiger partial charge in [-0.1, -0.05) is 43.0 Å². The number of carbonyl (C=O) groups excluding carboxylic acids is 2. The highest BCUT2D eigenvalue weighted by molar-refractivity contribution is 7.97. The summed E-state index contributed by atoms with van der Waals surface area (Å²) in [5.74, 6) is -0.914. The summed E-state index contributed by atoms with van der Waals surface area (Å²) in [4.78, 5) is 26.3. The van der Waals surface area contributed by atoms with Crippen LogP contribution in [0.1, 0.15) is 0 Å². The summed E-state index contributed by atoms with van der Waals surface area (Å²) in [6.45, 7) is 2.82. The van der Waals surface area contributed by atoms with E-state index in [1.807, 2.05) is 48.5 Å². The van der Waals surface area contributed by atoms with E-state index >= 15 is 0 Å². The summed E-state index contributed by atoms with van der Waals surface area (Å²) >= 11 is 0. The van der Waals surface area contributed by atoms with Crippen molar-refractivity contribution in [1.29, 1.82) is 0 Å². The minimum atomic E-state index is -0.665. The van der Waals surface area contributed by atoms with Crippen LogP contribution in [-0.4, -0.2) is 18.5 Å². The van der Waals surface area contributed by atoms with Gasteiger partial charge in [0.05, 0.1) is 10.9 Å². The molecule has 0 saturated carbocycles. The molecule has 0 atom stereocenters. The van der Waals surface area contributed by atoms with Crippen LogP contribution in [-0.2, 0) is 25.2 Å². The zero-order valence-corrected chi connectivity index (χ0v) is 15.9. The third-order valence-corrected chi connectivity index (χ3v) is 5.98. The Labute approximate surface area is 166 Å². The van der Waals surface area contributed by atoms with E-state index in [-0.39, 0.29) is 10.9 Å². The summed E-state index contributed by atoms with van der Waals surface area (Å²) in [6, 6.07) is 27.9. The molecule has 0 aliphatic heterocycles. The van der Waals surface area contributed by atoms with Gasteiger partial charge < -0.3 is 9.47 Å². The molecule has 0 amide bonds. The Morgan fingerprint density at radius 3 is 1.79 bits per heavy atom. The zero-order chi connectivity index (χ0) is 19.8. The average molecular weight is 391 g/mol. The summed E-state index contributed by atoms with van der Waals surface area (Å²) in [5.41, 5.74) is 0. The first-order valence-corrected chi connectivity index (χ1v) is 9.84. The Morgan fingerprint density at radius 2 is 1.29 bits per heavy atom. The maximum Gasteiger partial charge on any atom is 0.349 e. The van der Waals surface area contributed by atoms with Crippen LogP contribution < -0.4 is 4.74 Å². The van der Waals surface area contributed by atoms with Crippen molar-refractivity contribution in [1.82, 2.24) is 0 Å². The van der Waals surface area contributed by atoms with Crippen molar-refractivity contribution in [3.63, 3.8) is 0 Å². The molecule has 0 spiro atoms. The van der Waals surface area contributed by atoms with Gasteiger partial charge in [-0.15, -0.1) is 0 Å². The van der Waals surface area contributed by atoms with Gasteiger partial charge in [0, 0.05) is 6.08 Å². The lowest BCUT2D eigenvalue weighted by atomic mass is 10.3. The first-order valence-electron chi connectivity index (χ1n) is 8.61. The van der Waals surface area contributed by atoms with Crippen LogP contribution in [0.3, 0.4) is 0 Å². The second kappa shape index (κ2) is 9.58. The van der Waals surface area contributed by atoms with Gasteiger partial charge in [-0.05, 0) is 48.5 Å². The number of hydrogen-bond donors (Lipinski definition) is 0. The summed E-state index contributed by atoms with van der Waals surface area (Å²) < 4.78 is 9.88. The number of esters is 2. The molecule has 0 unspecified atom stereocenters. The topological polar surface area (TPSA) is 52.6 Å². The van der Waals surface area contributed by atoms with Crippen molar-refractivity contribution >= 4 is 22.8 Å². The summed E-state index contributed by atoms with van der Waals surface area (Å²) in [5, 5.41) is 0. The van der Waals surface area contributed by atoms with Crippen LogP contribution >= 0.6 is 0 Å². The Bertz CT molecular complexity index is 898. The summed E-state index contributed by atoms with van der Waals surface area (Å²) in [7, 11) is -0.267. The van der Waals surface area contributed by atoms with Crippen LogP contribution in [0.5, 0.6) is 5.75 Å². The molecule has 0 saturated heterocycles. The second-order valence-electron chi connectivity index (χ2n) is 5.69. The van der Waals surface area contributed by atoms with Crippen LogP contribution in [0, 0.1) is 0 Å². The third kappa shape index (κ3) is 5.11. The van der Waals surface area contributed by atoms with Crippen LogP contribution in [0.15, 0.2) is 112 Å². The highest BCUT2D eigenvalue weighted by atomic mass is 32.2. The maximum atomic E-state index is 11.8. The predicted molar refractivity (Wildman–Crippen MR) is 108 cm³/mol. The Morgan fingerprint density at radius 1 is 0.786 bits per heavy atom. The molecule has 0 heterocycles. The standard InChI is InChI=1S/C23H19O4S/c1-2-22(24)26-17-23(25)27-18-13-15-21(16-14-18)28(19-9-5-3-6-10-19)20-11-7-4-8-12-20/h2-16H,1,17H2/q+1. The zero-order valence-electron chi connectivity index (χ0n) is 15.1. The van der Waals surface area contributed by atoms with Crippen molar-refractivity contribution in [2.75, 3.05) is 6.61 Å². The molecule has 5 heteroatoms. The van der Waals surface area contributed by atoms with Gasteiger partial charge in [-0.25, -0.2) is 9.59 Å². The first kappa shape index (κ1) is 19.5. The van der Waals surface area contributed by atoms with Crippen molar-refractivity contribution in [2.45, 2.75) is 14.7 Å². The SMILES string of the molecule is C=CC(=O)OCC(=O)Oc1ccc([S+](c2ccccc2)c2ccccc2)cc1. The van der Waals surface area contributed by atoms with Gasteiger partial charge in [-0.3, -0.25) is 0 Å². The third-order valence-electron chi connectivity index (χ3n) is 3.75. The molecular formula is C23H19O4S+. The molecule has 0 N–H and O–H groups in total. The van der Waals surface area contributed by atoms with Crippen LogP contribution in [0.25, 0.3) is 0 Å². The molecule has 28 heavy (non-hydrogen) atoms. The molecule has 0 aromatic heterocycles. The van der Waals surface area contributed by atoms with Gasteiger partial charge in [0.1, 0.15) is 5.75 Å². The molecule has 0 aliphatic carbocycles. The Balaban J connectivity index is 1.78. The van der Waals surface area contributed by atoms with Crippen molar-refractivity contribution in [3.8, 4) is 5.75 Å². The molecular weight excluding hydrogens is 372 g/mol. The lowest BCUT2D eigenvalue weighted by Crippen LogP contribution is -2.17. The monoisotopic (exact) mass is 391 g/mol. The van der Waals surface area contributed by atoms with E-state index in [0.29, 0.717) is 5.75 Å². The molecule has 3 rings (SSSR count). The van der Waals surface area contributed by atoms with E-state index in [0.717, 1.165) is 11.0 Å². The van der Waals surface area contributed by atoms with E-state index < -0.39 is 18.5 Å². The van der Waals surface area contributed by atoms with Gasteiger partial charge >= 0.3 is 11.9 Å². The minimum Gasteiger partial charge on any atom is -0.451 e. The quantitative estimate of drug-likeness (QED) is 0.259. The van der Waals surface area contributed by atoms with Crippen molar-refractivity contribution in [3.05, 3.63) is 97.6 Å².